The predicted octanol–water partition coefficient (Wildman–Crippen LogP) is 2.35. The molecule has 1 aromatic rings. The minimum absolute atomic E-state index is 0.0998. The van der Waals surface area contributed by atoms with E-state index in [4.69, 9.17) is 4.74 Å². The lowest BCUT2D eigenvalue weighted by Crippen LogP contribution is -2.28. The quantitative estimate of drug-likeness (QED) is 0.758. The minimum atomic E-state index is 0.0998. The molecule has 17 heavy (non-hydrogen) atoms. The molecule has 0 fully saturated rings. The van der Waals surface area contributed by atoms with Crippen molar-refractivity contribution in [2.24, 2.45) is 5.92 Å². The first-order chi connectivity index (χ1) is 8.02. The van der Waals surface area contributed by atoms with Gasteiger partial charge in [0.1, 0.15) is 11.5 Å². The topological polar surface area (TPSA) is 29.5 Å². The van der Waals surface area contributed by atoms with Crippen LogP contribution < -0.4 is 4.74 Å². The largest absolute Gasteiger partial charge is 0.497 e. The molecule has 0 aliphatic rings. The number of benzene rings is 1. The molecule has 0 radical (unpaired) electrons. The maximum atomic E-state index is 11.6. The van der Waals surface area contributed by atoms with Gasteiger partial charge >= 0.3 is 0 Å². The lowest BCUT2D eigenvalue weighted by Gasteiger charge is -2.17. The molecule has 0 heterocycles. The Bertz CT molecular complexity index is 374. The maximum Gasteiger partial charge on any atom is 0.149 e. The molecule has 0 spiro atoms. The van der Waals surface area contributed by atoms with E-state index in [2.05, 4.69) is 0 Å². The average Bonchev–Trinajstić information content (AvgIpc) is 2.28. The molecule has 0 amide bonds. The number of nitrogens with zero attached hydrogens (tertiary/aromatic N) is 1. The molecule has 1 aromatic carbocycles. The number of carbonyl (C=O) groups is 1. The summed E-state index contributed by atoms with van der Waals surface area (Å²) in [4.78, 5) is 13.6. The predicted molar refractivity (Wildman–Crippen MR) is 69.2 cm³/mol. The number of ketones is 1. The molecule has 3 heteroatoms. The Morgan fingerprint density at radius 3 is 2.71 bits per heavy atom. The summed E-state index contributed by atoms with van der Waals surface area (Å²) in [7, 11) is 3.62. The average molecular weight is 235 g/mol. The van der Waals surface area contributed by atoms with Crippen LogP contribution in [0.25, 0.3) is 0 Å². The van der Waals surface area contributed by atoms with Crippen molar-refractivity contribution in [1.82, 2.24) is 4.90 Å². The van der Waals surface area contributed by atoms with E-state index in [1.54, 1.807) is 7.11 Å². The van der Waals surface area contributed by atoms with Crippen LogP contribution in [0.2, 0.25) is 0 Å². The molecule has 0 bridgehead atoms. The normalized spacial score (nSPS) is 10.9. The molecule has 0 aliphatic carbocycles. The summed E-state index contributed by atoms with van der Waals surface area (Å²) in [6.45, 7) is 5.12. The summed E-state index contributed by atoms with van der Waals surface area (Å²) in [5.41, 5.74) is 1.16. The fourth-order valence-corrected chi connectivity index (χ4v) is 1.59. The zero-order valence-corrected chi connectivity index (χ0v) is 11.1. The van der Waals surface area contributed by atoms with Crippen LogP contribution in [0.4, 0.5) is 0 Å². The Hall–Kier alpha value is -1.35. The second-order valence-corrected chi connectivity index (χ2v) is 4.64. The van der Waals surface area contributed by atoms with Crippen molar-refractivity contribution in [1.29, 1.82) is 0 Å². The van der Waals surface area contributed by atoms with E-state index in [0.717, 1.165) is 17.9 Å². The SMILES string of the molecule is COc1cccc(CN(C)CC(=O)C(C)C)c1. The number of carbonyl (C=O) groups excluding carboxylic acids is 1. The van der Waals surface area contributed by atoms with Crippen LogP contribution in [0.5, 0.6) is 5.75 Å². The number of likely N-dealkylation sites (N-methyl/N-ethyl adjacent to an activating group) is 1. The molecule has 0 unspecified atom stereocenters. The Labute approximate surface area is 103 Å². The number of rotatable bonds is 6. The molecule has 0 N–H and O–H groups in total. The van der Waals surface area contributed by atoms with Crippen LogP contribution in [-0.4, -0.2) is 31.4 Å². The van der Waals surface area contributed by atoms with Crippen LogP contribution in [0.15, 0.2) is 24.3 Å². The number of methoxy groups -OCH3 is 1. The first kappa shape index (κ1) is 13.7. The van der Waals surface area contributed by atoms with E-state index in [1.165, 1.54) is 0 Å². The van der Waals surface area contributed by atoms with Crippen LogP contribution >= 0.6 is 0 Å². The molecule has 0 aromatic heterocycles. The third-order valence-electron chi connectivity index (χ3n) is 2.66. The van der Waals surface area contributed by atoms with E-state index in [0.29, 0.717) is 6.54 Å². The molecule has 0 saturated heterocycles. The molecule has 94 valence electrons. The number of Topliss-reactive ketones (excluding diaryl/α,β-unsaturated/α-hetero) is 1. The summed E-state index contributed by atoms with van der Waals surface area (Å²) in [5, 5.41) is 0. The highest BCUT2D eigenvalue weighted by atomic mass is 16.5. The monoisotopic (exact) mass is 235 g/mol. The van der Waals surface area contributed by atoms with Gasteiger partial charge in [0.25, 0.3) is 0 Å². The van der Waals surface area contributed by atoms with E-state index in [1.807, 2.05) is 50.1 Å². The standard InChI is InChI=1S/C14H21NO2/c1-11(2)14(16)10-15(3)9-12-6-5-7-13(8-12)17-4/h5-8,11H,9-10H2,1-4H3. The fourth-order valence-electron chi connectivity index (χ4n) is 1.59. The summed E-state index contributed by atoms with van der Waals surface area (Å²) >= 11 is 0. The van der Waals surface area contributed by atoms with Gasteiger partial charge in [0.2, 0.25) is 0 Å². The van der Waals surface area contributed by atoms with Crippen molar-refractivity contribution in [3.63, 3.8) is 0 Å². The van der Waals surface area contributed by atoms with Crippen LogP contribution in [0, 0.1) is 5.92 Å². The number of ether oxygens (including phenoxy) is 1. The summed E-state index contributed by atoms with van der Waals surface area (Å²) < 4.78 is 5.17. The molecule has 3 nitrogen and oxygen atoms in total. The second kappa shape index (κ2) is 6.40. The van der Waals surface area contributed by atoms with Gasteiger partial charge in [-0.25, -0.2) is 0 Å². The Morgan fingerprint density at radius 2 is 2.12 bits per heavy atom. The number of hydrogen-bond acceptors (Lipinski definition) is 3. The summed E-state index contributed by atoms with van der Waals surface area (Å²) in [5.74, 6) is 1.23. The first-order valence-electron chi connectivity index (χ1n) is 5.87. The third kappa shape index (κ3) is 4.57. The lowest BCUT2D eigenvalue weighted by atomic mass is 10.1. The van der Waals surface area contributed by atoms with Crippen LogP contribution in [0.3, 0.4) is 0 Å². The first-order valence-corrected chi connectivity index (χ1v) is 5.87. The molecule has 0 atom stereocenters. The zero-order valence-electron chi connectivity index (χ0n) is 11.1. The molecular formula is C14H21NO2. The molecular weight excluding hydrogens is 214 g/mol. The highest BCUT2D eigenvalue weighted by Crippen LogP contribution is 2.13. The van der Waals surface area contributed by atoms with Gasteiger partial charge in [-0.05, 0) is 24.7 Å². The highest BCUT2D eigenvalue weighted by Gasteiger charge is 2.10. The number of hydrogen-bond donors (Lipinski definition) is 0. The van der Waals surface area contributed by atoms with Crippen molar-refractivity contribution in [3.8, 4) is 5.75 Å². The van der Waals surface area contributed by atoms with Crippen molar-refractivity contribution in [3.05, 3.63) is 29.8 Å². The minimum Gasteiger partial charge on any atom is -0.497 e. The van der Waals surface area contributed by atoms with Crippen molar-refractivity contribution < 1.29 is 9.53 Å². The Balaban J connectivity index is 2.55. The molecule has 0 saturated carbocycles. The van der Waals surface area contributed by atoms with Gasteiger partial charge in [-0.3, -0.25) is 9.69 Å². The smallest absolute Gasteiger partial charge is 0.149 e. The molecule has 1 rings (SSSR count). The van der Waals surface area contributed by atoms with Crippen LogP contribution in [-0.2, 0) is 11.3 Å². The van der Waals surface area contributed by atoms with Crippen molar-refractivity contribution in [2.75, 3.05) is 20.7 Å². The van der Waals surface area contributed by atoms with Gasteiger partial charge in [-0.2, -0.15) is 0 Å². The van der Waals surface area contributed by atoms with E-state index >= 15 is 0 Å². The maximum absolute atomic E-state index is 11.6. The van der Waals surface area contributed by atoms with Gasteiger partial charge in [0.15, 0.2) is 0 Å². The van der Waals surface area contributed by atoms with Crippen molar-refractivity contribution >= 4 is 5.78 Å². The summed E-state index contributed by atoms with van der Waals surface area (Å²) in [6.07, 6.45) is 0. The van der Waals surface area contributed by atoms with Gasteiger partial charge in [0.05, 0.1) is 13.7 Å². The Kier molecular flexibility index (Phi) is 5.16. The fraction of sp³-hybridized carbons (Fsp3) is 0.500. The summed E-state index contributed by atoms with van der Waals surface area (Å²) in [6, 6.07) is 7.92. The third-order valence-corrected chi connectivity index (χ3v) is 2.66. The second-order valence-electron chi connectivity index (χ2n) is 4.64. The van der Waals surface area contributed by atoms with Gasteiger partial charge in [-0.1, -0.05) is 26.0 Å². The van der Waals surface area contributed by atoms with Crippen molar-refractivity contribution in [2.45, 2.75) is 20.4 Å². The van der Waals surface area contributed by atoms with Gasteiger partial charge < -0.3 is 4.74 Å². The van der Waals surface area contributed by atoms with E-state index < -0.39 is 0 Å². The zero-order chi connectivity index (χ0) is 12.8. The van der Waals surface area contributed by atoms with Crippen LogP contribution in [0.1, 0.15) is 19.4 Å². The van der Waals surface area contributed by atoms with E-state index in [-0.39, 0.29) is 11.7 Å². The van der Waals surface area contributed by atoms with E-state index in [9.17, 15) is 4.79 Å². The lowest BCUT2D eigenvalue weighted by molar-refractivity contribution is -0.122. The van der Waals surface area contributed by atoms with Gasteiger partial charge in [-0.15, -0.1) is 0 Å². The van der Waals surface area contributed by atoms with Gasteiger partial charge in [0, 0.05) is 12.5 Å². The molecule has 0 aliphatic heterocycles. The Morgan fingerprint density at radius 1 is 1.41 bits per heavy atom. The highest BCUT2D eigenvalue weighted by molar-refractivity contribution is 5.82.